The summed E-state index contributed by atoms with van der Waals surface area (Å²) in [6.45, 7) is 1.57. The fourth-order valence-corrected chi connectivity index (χ4v) is 7.78. The lowest BCUT2D eigenvalue weighted by Crippen LogP contribution is -2.60. The van der Waals surface area contributed by atoms with Gasteiger partial charge in [-0.1, -0.05) is 6.07 Å². The zero-order chi connectivity index (χ0) is 24.9. The average molecular weight is 500 g/mol. The van der Waals surface area contributed by atoms with E-state index in [0.29, 0.717) is 25.2 Å². The first kappa shape index (κ1) is 24.6. The van der Waals surface area contributed by atoms with Gasteiger partial charge in [0.2, 0.25) is 0 Å². The Bertz CT molecular complexity index is 1120. The number of amidine groups is 1. The molecule has 0 aromatic heterocycles. The molecule has 4 bridgehead atoms. The fourth-order valence-electron chi connectivity index (χ4n) is 6.21. The Morgan fingerprint density at radius 3 is 2.32 bits per heavy atom. The van der Waals surface area contributed by atoms with Crippen molar-refractivity contribution in [1.29, 1.82) is 5.26 Å². The lowest BCUT2D eigenvalue weighted by molar-refractivity contribution is -0.274. The number of alkyl halides is 3. The van der Waals surface area contributed by atoms with Gasteiger partial charge in [0.15, 0.2) is 15.4 Å². The summed E-state index contributed by atoms with van der Waals surface area (Å²) in [4.78, 5) is 4.77. The highest BCUT2D eigenvalue weighted by molar-refractivity contribution is 7.92. The van der Waals surface area contributed by atoms with Crippen LogP contribution in [0, 0.1) is 29.1 Å². The molecule has 4 saturated carbocycles. The highest BCUT2D eigenvalue weighted by atomic mass is 32.2. The normalized spacial score (nSPS) is 32.6. The minimum Gasteiger partial charge on any atom is -0.478 e. The van der Waals surface area contributed by atoms with Crippen molar-refractivity contribution in [2.24, 2.45) is 28.5 Å². The predicted octanol–water partition coefficient (Wildman–Crippen LogP) is 3.99. The van der Waals surface area contributed by atoms with Crippen molar-refractivity contribution in [3.05, 3.63) is 24.3 Å². The second kappa shape index (κ2) is 8.33. The molecule has 4 aliphatic rings. The van der Waals surface area contributed by atoms with E-state index in [1.165, 1.54) is 18.4 Å². The van der Waals surface area contributed by atoms with Gasteiger partial charge in [-0.3, -0.25) is 4.99 Å². The van der Waals surface area contributed by atoms with Crippen LogP contribution < -0.4 is 15.2 Å². The molecule has 7 nitrogen and oxygen atoms in total. The SMILES string of the molecule is CC(CC#N)(Oc1cccc(OC(F)(F)F)c1)C(N)=NC1C2CC3CC1CC(S(C)(=O)=O)(C3)C2. The summed E-state index contributed by atoms with van der Waals surface area (Å²) in [5.74, 6) is 0.189. The first-order valence-corrected chi connectivity index (χ1v) is 13.1. The van der Waals surface area contributed by atoms with Crippen LogP contribution in [0.15, 0.2) is 29.3 Å². The Kier molecular flexibility index (Phi) is 6.03. The number of nitrogens with two attached hydrogens (primary N) is 1. The molecule has 3 unspecified atom stereocenters. The van der Waals surface area contributed by atoms with E-state index in [1.54, 1.807) is 6.92 Å². The van der Waals surface area contributed by atoms with Crippen molar-refractivity contribution < 1.29 is 31.1 Å². The molecular weight excluding hydrogens is 471 g/mol. The number of aliphatic imine (C=N–C) groups is 1. The van der Waals surface area contributed by atoms with Crippen LogP contribution in [0.3, 0.4) is 0 Å². The monoisotopic (exact) mass is 499 g/mol. The van der Waals surface area contributed by atoms with Crippen LogP contribution in [-0.2, 0) is 9.84 Å². The number of halogens is 3. The predicted molar refractivity (Wildman–Crippen MR) is 119 cm³/mol. The molecule has 0 heterocycles. The van der Waals surface area contributed by atoms with Crippen LogP contribution in [0.4, 0.5) is 13.2 Å². The van der Waals surface area contributed by atoms with Crippen molar-refractivity contribution in [2.45, 2.75) is 68.2 Å². The second-order valence-corrected chi connectivity index (χ2v) is 12.5. The van der Waals surface area contributed by atoms with Crippen molar-refractivity contribution in [3.63, 3.8) is 0 Å². The molecule has 5 rings (SSSR count). The van der Waals surface area contributed by atoms with E-state index in [-0.39, 0.29) is 35.9 Å². The van der Waals surface area contributed by atoms with Crippen molar-refractivity contribution >= 4 is 15.7 Å². The van der Waals surface area contributed by atoms with E-state index in [0.717, 1.165) is 25.0 Å². The zero-order valence-electron chi connectivity index (χ0n) is 19.0. The van der Waals surface area contributed by atoms with Gasteiger partial charge in [-0.25, -0.2) is 8.42 Å². The number of sulfone groups is 1. The van der Waals surface area contributed by atoms with E-state index in [9.17, 15) is 26.9 Å². The van der Waals surface area contributed by atoms with Crippen LogP contribution in [0.5, 0.6) is 11.5 Å². The van der Waals surface area contributed by atoms with Crippen molar-refractivity contribution in [3.8, 4) is 17.6 Å². The van der Waals surface area contributed by atoms with Crippen molar-refractivity contribution in [1.82, 2.24) is 0 Å². The third-order valence-electron chi connectivity index (χ3n) is 7.58. The summed E-state index contributed by atoms with van der Waals surface area (Å²) in [5.41, 5.74) is 4.99. The molecule has 186 valence electrons. The average Bonchev–Trinajstić information content (AvgIpc) is 2.68. The second-order valence-electron chi connectivity index (χ2n) is 10.1. The molecule has 3 atom stereocenters. The number of hydrogen-bond donors (Lipinski definition) is 1. The molecule has 0 radical (unpaired) electrons. The van der Waals surface area contributed by atoms with Crippen LogP contribution in [-0.4, -0.2) is 43.3 Å². The zero-order valence-corrected chi connectivity index (χ0v) is 19.8. The summed E-state index contributed by atoms with van der Waals surface area (Å²) in [5, 5.41) is 9.39. The van der Waals surface area contributed by atoms with Gasteiger partial charge in [-0.15, -0.1) is 13.2 Å². The Morgan fingerprint density at radius 2 is 1.79 bits per heavy atom. The first-order chi connectivity index (χ1) is 15.7. The quantitative estimate of drug-likeness (QED) is 0.448. The Hall–Kier alpha value is -2.48. The van der Waals surface area contributed by atoms with Gasteiger partial charge >= 0.3 is 6.36 Å². The molecular formula is C23H28F3N3O4S. The number of ether oxygens (including phenoxy) is 2. The van der Waals surface area contributed by atoms with Crippen molar-refractivity contribution in [2.75, 3.05) is 6.26 Å². The van der Waals surface area contributed by atoms with Gasteiger partial charge in [-0.2, -0.15) is 5.26 Å². The van der Waals surface area contributed by atoms with Gasteiger partial charge in [0.05, 0.1) is 23.3 Å². The topological polar surface area (TPSA) is 115 Å². The van der Waals surface area contributed by atoms with Crippen LogP contribution in [0.2, 0.25) is 0 Å². The molecule has 0 aliphatic heterocycles. The number of nitrogens with zero attached hydrogens (tertiary/aromatic N) is 2. The van der Waals surface area contributed by atoms with E-state index in [1.807, 2.05) is 6.07 Å². The molecule has 4 aliphatic carbocycles. The third-order valence-corrected chi connectivity index (χ3v) is 9.66. The van der Waals surface area contributed by atoms with Gasteiger partial charge in [-0.05, 0) is 68.9 Å². The van der Waals surface area contributed by atoms with Gasteiger partial charge < -0.3 is 15.2 Å². The molecule has 0 saturated heterocycles. The number of rotatable bonds is 7. The first-order valence-electron chi connectivity index (χ1n) is 11.2. The van der Waals surface area contributed by atoms with Gasteiger partial charge in [0.1, 0.15) is 17.3 Å². The highest BCUT2D eigenvalue weighted by Crippen LogP contribution is 2.59. The Morgan fingerprint density at radius 1 is 1.21 bits per heavy atom. The maximum atomic E-state index is 12.6. The van der Waals surface area contributed by atoms with Gasteiger partial charge in [0, 0.05) is 12.3 Å². The van der Waals surface area contributed by atoms with Crippen LogP contribution in [0.1, 0.15) is 45.4 Å². The molecule has 0 amide bonds. The summed E-state index contributed by atoms with van der Waals surface area (Å²) >= 11 is 0. The number of hydrogen-bond acceptors (Lipinski definition) is 6. The van der Waals surface area contributed by atoms with Crippen LogP contribution >= 0.6 is 0 Å². The molecule has 1 aromatic rings. The van der Waals surface area contributed by atoms with Gasteiger partial charge in [0.25, 0.3) is 0 Å². The number of nitriles is 1. The standard InChI is InChI=1S/C23H28F3N3O4S/c1-21(6-7-27,32-17-4-3-5-18(10-17)33-23(24,25)26)20(28)29-19-15-8-14-9-16(19)13-22(11-14,12-15)34(2,30)31/h3-5,10,14-16,19H,6,8-9,11-13H2,1-2H3,(H2,28,29). The smallest absolute Gasteiger partial charge is 0.478 e. The minimum atomic E-state index is -4.85. The number of benzene rings is 1. The van der Waals surface area contributed by atoms with E-state index < -0.39 is 32.3 Å². The van der Waals surface area contributed by atoms with E-state index in [4.69, 9.17) is 15.5 Å². The lowest BCUT2D eigenvalue weighted by atomic mass is 9.54. The Labute approximate surface area is 197 Å². The lowest BCUT2D eigenvalue weighted by Gasteiger charge is -2.58. The summed E-state index contributed by atoms with van der Waals surface area (Å²) in [6, 6.07) is 6.86. The fraction of sp³-hybridized carbons (Fsp3) is 0.652. The summed E-state index contributed by atoms with van der Waals surface area (Å²) in [6.07, 6.45) is -0.121. The van der Waals surface area contributed by atoms with E-state index >= 15 is 0 Å². The maximum absolute atomic E-state index is 12.6. The Balaban J connectivity index is 1.58. The largest absolute Gasteiger partial charge is 0.573 e. The molecule has 1 aromatic carbocycles. The maximum Gasteiger partial charge on any atom is 0.573 e. The summed E-state index contributed by atoms with van der Waals surface area (Å²) in [7, 11) is -3.21. The minimum absolute atomic E-state index is 0.0544. The highest BCUT2D eigenvalue weighted by Gasteiger charge is 2.59. The molecule has 11 heteroatoms. The van der Waals surface area contributed by atoms with Crippen LogP contribution in [0.25, 0.3) is 0 Å². The molecule has 0 spiro atoms. The molecule has 4 fully saturated rings. The molecule has 34 heavy (non-hydrogen) atoms. The third kappa shape index (κ3) is 4.69. The summed E-state index contributed by atoms with van der Waals surface area (Å²) < 4.78 is 72.1. The van der Waals surface area contributed by atoms with E-state index in [2.05, 4.69) is 4.74 Å². The molecule has 2 N–H and O–H groups in total.